The second-order valence-corrected chi connectivity index (χ2v) is 8.45. The lowest BCUT2D eigenvalue weighted by molar-refractivity contribution is -0.276. The van der Waals surface area contributed by atoms with Crippen LogP contribution >= 0.6 is 23.2 Å². The second-order valence-electron chi connectivity index (χ2n) is 5.97. The fourth-order valence-electron chi connectivity index (χ4n) is 2.27. The highest BCUT2D eigenvalue weighted by atomic mass is 35.5. The van der Waals surface area contributed by atoms with Crippen LogP contribution in [-0.4, -0.2) is 45.3 Å². The molecule has 1 aromatic heterocycles. The lowest BCUT2D eigenvalue weighted by Crippen LogP contribution is -2.35. The first-order valence-electron chi connectivity index (χ1n) is 7.72. The Morgan fingerprint density at radius 1 is 1.18 bits per heavy atom. The van der Waals surface area contributed by atoms with E-state index in [1.54, 1.807) is 25.1 Å². The molecule has 154 valence electrons. The predicted octanol–water partition coefficient (Wildman–Crippen LogP) is 3.87. The molecule has 0 radical (unpaired) electrons. The van der Waals surface area contributed by atoms with Gasteiger partial charge in [-0.15, -0.1) is 13.2 Å². The normalized spacial score (nSPS) is 13.6. The summed E-state index contributed by atoms with van der Waals surface area (Å²) in [5.74, 6) is -0.880. The molecule has 2 aromatic rings. The zero-order valence-electron chi connectivity index (χ0n) is 14.7. The number of nitrogens with zero attached hydrogens (tertiary/aromatic N) is 2. The van der Waals surface area contributed by atoms with Crippen molar-refractivity contribution in [2.24, 2.45) is 0 Å². The Kier molecular flexibility index (Phi) is 7.16. The van der Waals surface area contributed by atoms with Crippen LogP contribution in [0.25, 0.3) is 0 Å². The monoisotopic (exact) mass is 457 g/mol. The fraction of sp³-hybridized carbons (Fsp3) is 0.312. The number of alkyl halides is 3. The van der Waals surface area contributed by atoms with Crippen molar-refractivity contribution < 1.29 is 26.3 Å². The molecule has 0 bridgehead atoms. The molecule has 0 fully saturated rings. The second kappa shape index (κ2) is 8.83. The standard InChI is InChI=1S/C16H16Cl2F3N3O3S/c1-24(2)9-13(10-6-7-11(17)12(18)8-10)23-28(25,26)15-5-3-4-14(22-15)27-16(19,20)21/h3-8,13,23H,9H2,1-2H3. The Hall–Kier alpha value is -1.59. The summed E-state index contributed by atoms with van der Waals surface area (Å²) in [6.07, 6.45) is -4.99. The molecule has 28 heavy (non-hydrogen) atoms. The van der Waals surface area contributed by atoms with Crippen LogP contribution in [0.2, 0.25) is 10.0 Å². The number of aromatic nitrogens is 1. The number of hydrogen-bond acceptors (Lipinski definition) is 5. The van der Waals surface area contributed by atoms with Crippen molar-refractivity contribution in [1.29, 1.82) is 0 Å². The Morgan fingerprint density at radius 2 is 1.86 bits per heavy atom. The van der Waals surface area contributed by atoms with E-state index in [9.17, 15) is 21.6 Å². The number of benzene rings is 1. The molecule has 1 heterocycles. The maximum absolute atomic E-state index is 12.7. The minimum atomic E-state index is -4.99. The van der Waals surface area contributed by atoms with Gasteiger partial charge >= 0.3 is 6.36 Å². The molecule has 0 spiro atoms. The Labute approximate surface area is 170 Å². The van der Waals surface area contributed by atoms with Crippen LogP contribution in [0, 0.1) is 0 Å². The predicted molar refractivity (Wildman–Crippen MR) is 99.0 cm³/mol. The molecule has 1 atom stereocenters. The van der Waals surface area contributed by atoms with Gasteiger partial charge in [-0.05, 0) is 37.9 Å². The van der Waals surface area contributed by atoms with Crippen molar-refractivity contribution in [3.8, 4) is 5.88 Å². The number of rotatable bonds is 7. The van der Waals surface area contributed by atoms with Gasteiger partial charge in [0.25, 0.3) is 10.0 Å². The molecule has 1 N–H and O–H groups in total. The van der Waals surface area contributed by atoms with Crippen LogP contribution in [0.15, 0.2) is 41.4 Å². The van der Waals surface area contributed by atoms with E-state index in [0.717, 1.165) is 18.2 Å². The number of likely N-dealkylation sites (N-methyl/N-ethyl adjacent to an activating group) is 1. The maximum atomic E-state index is 12.7. The summed E-state index contributed by atoms with van der Waals surface area (Å²) in [7, 11) is -0.803. The van der Waals surface area contributed by atoms with Gasteiger partial charge in [0.1, 0.15) is 0 Å². The average molecular weight is 458 g/mol. The zero-order valence-corrected chi connectivity index (χ0v) is 17.0. The summed E-state index contributed by atoms with van der Waals surface area (Å²) in [4.78, 5) is 5.16. The van der Waals surface area contributed by atoms with E-state index in [4.69, 9.17) is 23.2 Å². The van der Waals surface area contributed by atoms with Gasteiger partial charge in [-0.25, -0.2) is 18.1 Å². The van der Waals surface area contributed by atoms with E-state index in [1.165, 1.54) is 12.1 Å². The lowest BCUT2D eigenvalue weighted by atomic mass is 10.1. The first kappa shape index (κ1) is 22.7. The third-order valence-electron chi connectivity index (χ3n) is 3.38. The highest BCUT2D eigenvalue weighted by molar-refractivity contribution is 7.89. The molecule has 12 heteroatoms. The van der Waals surface area contributed by atoms with Gasteiger partial charge in [0, 0.05) is 12.6 Å². The van der Waals surface area contributed by atoms with Crippen LogP contribution in [0.1, 0.15) is 11.6 Å². The number of nitrogens with one attached hydrogen (secondary N) is 1. The van der Waals surface area contributed by atoms with E-state index in [-0.39, 0.29) is 11.6 Å². The van der Waals surface area contributed by atoms with Gasteiger partial charge in [-0.3, -0.25) is 0 Å². The molecule has 0 aliphatic heterocycles. The van der Waals surface area contributed by atoms with Crippen LogP contribution in [0.5, 0.6) is 5.88 Å². The van der Waals surface area contributed by atoms with E-state index < -0.39 is 33.3 Å². The number of halogens is 5. The maximum Gasteiger partial charge on any atom is 0.574 e. The smallest absolute Gasteiger partial charge is 0.388 e. The van der Waals surface area contributed by atoms with Crippen molar-refractivity contribution in [2.75, 3.05) is 20.6 Å². The average Bonchev–Trinajstić information content (AvgIpc) is 2.55. The van der Waals surface area contributed by atoms with Crippen LogP contribution in [0.4, 0.5) is 13.2 Å². The molecule has 1 aromatic carbocycles. The molecule has 0 amide bonds. The quantitative estimate of drug-likeness (QED) is 0.683. The molecule has 0 aliphatic carbocycles. The van der Waals surface area contributed by atoms with E-state index in [2.05, 4.69) is 14.4 Å². The van der Waals surface area contributed by atoms with Crippen LogP contribution in [-0.2, 0) is 10.0 Å². The minimum absolute atomic E-state index is 0.237. The van der Waals surface area contributed by atoms with Crippen molar-refractivity contribution in [3.05, 3.63) is 52.0 Å². The summed E-state index contributed by atoms with van der Waals surface area (Å²) in [6, 6.07) is 6.94. The van der Waals surface area contributed by atoms with Gasteiger partial charge in [0.2, 0.25) is 5.88 Å². The Bertz CT molecular complexity index is 940. The summed E-state index contributed by atoms with van der Waals surface area (Å²) < 4.78 is 68.5. The molecule has 6 nitrogen and oxygen atoms in total. The SMILES string of the molecule is CN(C)CC(NS(=O)(=O)c1cccc(OC(F)(F)F)n1)c1ccc(Cl)c(Cl)c1. The topological polar surface area (TPSA) is 71.5 Å². The van der Waals surface area contributed by atoms with Gasteiger partial charge < -0.3 is 9.64 Å². The third kappa shape index (κ3) is 6.49. The molecular weight excluding hydrogens is 442 g/mol. The van der Waals surface area contributed by atoms with E-state index in [1.807, 2.05) is 0 Å². The lowest BCUT2D eigenvalue weighted by Gasteiger charge is -2.23. The summed E-state index contributed by atoms with van der Waals surface area (Å²) in [5.41, 5.74) is 0.523. The van der Waals surface area contributed by atoms with Crippen molar-refractivity contribution in [2.45, 2.75) is 17.4 Å². The number of ether oxygens (including phenoxy) is 1. The molecule has 0 saturated carbocycles. The molecule has 1 unspecified atom stereocenters. The van der Waals surface area contributed by atoms with Gasteiger partial charge in [0.15, 0.2) is 5.03 Å². The van der Waals surface area contributed by atoms with Gasteiger partial charge in [-0.1, -0.05) is 35.3 Å². The largest absolute Gasteiger partial charge is 0.574 e. The highest BCUT2D eigenvalue weighted by Gasteiger charge is 2.32. The molecule has 0 aliphatic rings. The Morgan fingerprint density at radius 3 is 2.43 bits per heavy atom. The minimum Gasteiger partial charge on any atom is -0.388 e. The van der Waals surface area contributed by atoms with Crippen LogP contribution < -0.4 is 9.46 Å². The number of sulfonamides is 1. The number of pyridine rings is 1. The molecule has 0 saturated heterocycles. The summed E-state index contributed by atoms with van der Waals surface area (Å²) >= 11 is 11.9. The zero-order chi connectivity index (χ0) is 21.1. The Balaban J connectivity index is 2.34. The van der Waals surface area contributed by atoms with Crippen molar-refractivity contribution in [1.82, 2.24) is 14.6 Å². The fourth-order valence-corrected chi connectivity index (χ4v) is 3.75. The van der Waals surface area contributed by atoms with Crippen LogP contribution in [0.3, 0.4) is 0 Å². The summed E-state index contributed by atoms with van der Waals surface area (Å²) in [6.45, 7) is 0.246. The van der Waals surface area contributed by atoms with Gasteiger partial charge in [0.05, 0.1) is 16.1 Å². The van der Waals surface area contributed by atoms with E-state index in [0.29, 0.717) is 10.6 Å². The van der Waals surface area contributed by atoms with Gasteiger partial charge in [-0.2, -0.15) is 0 Å². The van der Waals surface area contributed by atoms with Crippen molar-refractivity contribution in [3.63, 3.8) is 0 Å². The third-order valence-corrected chi connectivity index (χ3v) is 5.50. The molecular formula is C16H16Cl2F3N3O3S. The highest BCUT2D eigenvalue weighted by Crippen LogP contribution is 2.27. The van der Waals surface area contributed by atoms with Crippen molar-refractivity contribution >= 4 is 33.2 Å². The summed E-state index contributed by atoms with van der Waals surface area (Å²) in [5, 5.41) is -0.0746. The van der Waals surface area contributed by atoms with E-state index >= 15 is 0 Å². The number of hydrogen-bond donors (Lipinski definition) is 1. The first-order chi connectivity index (χ1) is 12.9. The first-order valence-corrected chi connectivity index (χ1v) is 9.96. The molecule has 2 rings (SSSR count).